The van der Waals surface area contributed by atoms with E-state index in [9.17, 15) is 9.90 Å². The molecule has 0 unspecified atom stereocenters. The van der Waals surface area contributed by atoms with Gasteiger partial charge in [0.15, 0.2) is 5.65 Å². The number of aromatic nitrogens is 3. The number of benzene rings is 2. The predicted octanol–water partition coefficient (Wildman–Crippen LogP) is 4.55. The van der Waals surface area contributed by atoms with Crippen molar-refractivity contribution in [3.8, 4) is 17.1 Å². The van der Waals surface area contributed by atoms with Crippen LogP contribution in [0.1, 0.15) is 28.4 Å². The van der Waals surface area contributed by atoms with Crippen LogP contribution >= 0.6 is 0 Å². The van der Waals surface area contributed by atoms with Crippen LogP contribution in [0.4, 0.5) is 0 Å². The molecule has 0 aliphatic heterocycles. The minimum absolute atomic E-state index is 0.264. The summed E-state index contributed by atoms with van der Waals surface area (Å²) in [5, 5.41) is 9.77. The number of rotatable bonds is 6. The van der Waals surface area contributed by atoms with E-state index in [-0.39, 0.29) is 5.56 Å². The molecule has 0 bridgehead atoms. The lowest BCUT2D eigenvalue weighted by Gasteiger charge is -2.12. The Bertz CT molecular complexity index is 1180. The van der Waals surface area contributed by atoms with Gasteiger partial charge in [-0.2, -0.15) is 4.98 Å². The number of nitrogens with zero attached hydrogens (tertiary/aromatic N) is 3. The summed E-state index contributed by atoms with van der Waals surface area (Å²) in [5.74, 6) is -0.958. The number of hydrogen-bond acceptors (Lipinski definition) is 4. The summed E-state index contributed by atoms with van der Waals surface area (Å²) in [7, 11) is 0. The van der Waals surface area contributed by atoms with Crippen LogP contribution in [0.5, 0.6) is 6.01 Å². The molecule has 0 fully saturated rings. The second kappa shape index (κ2) is 7.75. The molecule has 0 aliphatic carbocycles. The third kappa shape index (κ3) is 3.57. The molecule has 0 spiro atoms. The molecule has 0 atom stereocenters. The molecule has 6 heteroatoms. The summed E-state index contributed by atoms with van der Waals surface area (Å²) >= 11 is 0. The molecular weight excluding hydrogens is 366 g/mol. The Morgan fingerprint density at radius 2 is 1.93 bits per heavy atom. The van der Waals surface area contributed by atoms with Crippen molar-refractivity contribution in [1.82, 2.24) is 14.5 Å². The molecule has 4 aromatic rings. The van der Waals surface area contributed by atoms with E-state index in [0.717, 1.165) is 27.9 Å². The van der Waals surface area contributed by atoms with Crippen molar-refractivity contribution in [2.75, 3.05) is 6.61 Å². The average Bonchev–Trinajstić information content (AvgIpc) is 3.07. The Balaban J connectivity index is 1.79. The average molecular weight is 387 g/mol. The highest BCUT2D eigenvalue weighted by atomic mass is 16.5. The Morgan fingerprint density at radius 3 is 2.66 bits per heavy atom. The first kappa shape index (κ1) is 18.7. The van der Waals surface area contributed by atoms with Crippen LogP contribution in [0.2, 0.25) is 0 Å². The number of pyridine rings is 1. The molecule has 6 nitrogen and oxygen atoms in total. The number of carboxylic acids is 1. The minimum atomic E-state index is -0.958. The van der Waals surface area contributed by atoms with E-state index in [1.807, 2.05) is 66.9 Å². The lowest BCUT2D eigenvalue weighted by atomic mass is 9.97. The Hall–Kier alpha value is -3.67. The van der Waals surface area contributed by atoms with Gasteiger partial charge in [0.05, 0.1) is 18.7 Å². The van der Waals surface area contributed by atoms with Crippen molar-refractivity contribution in [3.63, 3.8) is 0 Å². The van der Waals surface area contributed by atoms with Crippen LogP contribution in [0, 0.1) is 6.92 Å². The van der Waals surface area contributed by atoms with Crippen LogP contribution in [0.25, 0.3) is 22.3 Å². The highest BCUT2D eigenvalue weighted by Gasteiger charge is 2.17. The maximum Gasteiger partial charge on any atom is 0.336 e. The van der Waals surface area contributed by atoms with E-state index in [1.54, 1.807) is 12.3 Å². The molecule has 2 aromatic carbocycles. The first-order valence-electron chi connectivity index (χ1n) is 9.44. The van der Waals surface area contributed by atoms with Crippen LogP contribution in [-0.2, 0) is 6.54 Å². The summed E-state index contributed by atoms with van der Waals surface area (Å²) in [6, 6.07) is 17.4. The number of carbonyl (C=O) groups is 1. The van der Waals surface area contributed by atoms with Gasteiger partial charge in [-0.25, -0.2) is 9.78 Å². The van der Waals surface area contributed by atoms with E-state index in [2.05, 4.69) is 9.97 Å². The second-order valence-electron chi connectivity index (χ2n) is 6.76. The van der Waals surface area contributed by atoms with E-state index in [1.165, 1.54) is 0 Å². The largest absolute Gasteiger partial charge is 0.478 e. The third-order valence-corrected chi connectivity index (χ3v) is 4.81. The normalized spacial score (nSPS) is 11.0. The number of imidazole rings is 1. The van der Waals surface area contributed by atoms with Crippen LogP contribution in [0.15, 0.2) is 60.8 Å². The monoisotopic (exact) mass is 387 g/mol. The van der Waals surface area contributed by atoms with Gasteiger partial charge in [-0.05, 0) is 48.2 Å². The first-order chi connectivity index (χ1) is 14.1. The first-order valence-corrected chi connectivity index (χ1v) is 9.44. The molecule has 0 saturated carbocycles. The number of fused-ring (bicyclic) bond motifs is 1. The Morgan fingerprint density at radius 1 is 1.14 bits per heavy atom. The van der Waals surface area contributed by atoms with E-state index >= 15 is 0 Å². The quantitative estimate of drug-likeness (QED) is 0.525. The van der Waals surface area contributed by atoms with Gasteiger partial charge in [0, 0.05) is 6.20 Å². The zero-order valence-corrected chi connectivity index (χ0v) is 16.3. The summed E-state index contributed by atoms with van der Waals surface area (Å²) in [5.41, 5.74) is 5.19. The van der Waals surface area contributed by atoms with Gasteiger partial charge >= 0.3 is 5.97 Å². The number of carboxylic acid groups (broad SMARTS) is 1. The van der Waals surface area contributed by atoms with E-state index < -0.39 is 5.97 Å². The molecule has 2 aromatic heterocycles. The van der Waals surface area contributed by atoms with Gasteiger partial charge < -0.3 is 9.84 Å². The van der Waals surface area contributed by atoms with E-state index in [0.29, 0.717) is 24.7 Å². The summed E-state index contributed by atoms with van der Waals surface area (Å²) in [4.78, 5) is 21.0. The second-order valence-corrected chi connectivity index (χ2v) is 6.76. The number of aryl methyl sites for hydroxylation is 1. The van der Waals surface area contributed by atoms with Gasteiger partial charge in [-0.1, -0.05) is 42.5 Å². The fourth-order valence-corrected chi connectivity index (χ4v) is 3.42. The number of ether oxygens (including phenoxy) is 1. The van der Waals surface area contributed by atoms with Crippen LogP contribution in [-0.4, -0.2) is 32.2 Å². The van der Waals surface area contributed by atoms with Gasteiger partial charge in [0.25, 0.3) is 6.01 Å². The molecular formula is C23H21N3O3. The highest BCUT2D eigenvalue weighted by molar-refractivity contribution is 5.96. The van der Waals surface area contributed by atoms with Gasteiger partial charge in [0.1, 0.15) is 5.52 Å². The third-order valence-electron chi connectivity index (χ3n) is 4.81. The molecule has 4 rings (SSSR count). The van der Waals surface area contributed by atoms with Gasteiger partial charge in [-0.3, -0.25) is 4.57 Å². The lowest BCUT2D eigenvalue weighted by molar-refractivity contribution is 0.0697. The maximum absolute atomic E-state index is 11.9. The zero-order valence-electron chi connectivity index (χ0n) is 16.3. The van der Waals surface area contributed by atoms with Gasteiger partial charge in [-0.15, -0.1) is 0 Å². The maximum atomic E-state index is 11.9. The fourth-order valence-electron chi connectivity index (χ4n) is 3.42. The molecule has 0 aliphatic rings. The molecule has 0 saturated heterocycles. The summed E-state index contributed by atoms with van der Waals surface area (Å²) < 4.78 is 7.60. The number of aromatic carboxylic acids is 1. The highest BCUT2D eigenvalue weighted by Crippen LogP contribution is 2.27. The van der Waals surface area contributed by atoms with Crippen LogP contribution < -0.4 is 4.74 Å². The molecule has 1 N–H and O–H groups in total. The molecule has 29 heavy (non-hydrogen) atoms. The summed E-state index contributed by atoms with van der Waals surface area (Å²) in [6.07, 6.45) is 1.74. The predicted molar refractivity (Wildman–Crippen MR) is 111 cm³/mol. The molecule has 0 amide bonds. The summed E-state index contributed by atoms with van der Waals surface area (Å²) in [6.45, 7) is 4.78. The smallest absolute Gasteiger partial charge is 0.336 e. The van der Waals surface area contributed by atoms with Crippen molar-refractivity contribution < 1.29 is 14.6 Å². The molecule has 2 heterocycles. The number of hydrogen-bond donors (Lipinski definition) is 1. The standard InChI is InChI=1S/C23H21N3O3/c1-3-29-23-25-20-15(2)11-12-24-21(20)26(23)14-16-9-10-18(19(13-16)22(27)28)17-7-5-4-6-8-17/h4-13H,3,14H2,1-2H3,(H,27,28). The fraction of sp³-hybridized carbons (Fsp3) is 0.174. The van der Waals surface area contributed by atoms with Crippen molar-refractivity contribution in [2.24, 2.45) is 0 Å². The lowest BCUT2D eigenvalue weighted by Crippen LogP contribution is -2.07. The van der Waals surface area contributed by atoms with Crippen molar-refractivity contribution in [1.29, 1.82) is 0 Å². The topological polar surface area (TPSA) is 77.2 Å². The Labute approximate surface area is 168 Å². The zero-order chi connectivity index (χ0) is 20.4. The van der Waals surface area contributed by atoms with Crippen molar-refractivity contribution >= 4 is 17.1 Å². The van der Waals surface area contributed by atoms with Crippen molar-refractivity contribution in [3.05, 3.63) is 77.5 Å². The van der Waals surface area contributed by atoms with E-state index in [4.69, 9.17) is 4.74 Å². The Kier molecular flexibility index (Phi) is 4.99. The van der Waals surface area contributed by atoms with Gasteiger partial charge in [0.2, 0.25) is 0 Å². The van der Waals surface area contributed by atoms with Crippen molar-refractivity contribution in [2.45, 2.75) is 20.4 Å². The molecule has 146 valence electrons. The van der Waals surface area contributed by atoms with Crippen LogP contribution in [0.3, 0.4) is 0 Å². The molecule has 0 radical (unpaired) electrons. The SMILES string of the molecule is CCOc1nc2c(C)ccnc2n1Cc1ccc(-c2ccccc2)c(C(=O)O)c1. The minimum Gasteiger partial charge on any atom is -0.478 e.